The van der Waals surface area contributed by atoms with Gasteiger partial charge >= 0.3 is 6.18 Å². The summed E-state index contributed by atoms with van der Waals surface area (Å²) < 4.78 is 44.2. The molecule has 4 atom stereocenters. The van der Waals surface area contributed by atoms with Gasteiger partial charge in [0.25, 0.3) is 0 Å². The molecule has 0 spiro atoms. The van der Waals surface area contributed by atoms with Crippen molar-refractivity contribution in [3.05, 3.63) is 0 Å². The molecule has 1 aliphatic heterocycles. The van der Waals surface area contributed by atoms with Crippen LogP contribution in [0.3, 0.4) is 0 Å². The topological polar surface area (TPSA) is 21.3 Å². The highest BCUT2D eigenvalue weighted by molar-refractivity contribution is 4.90. The van der Waals surface area contributed by atoms with Crippen molar-refractivity contribution in [1.82, 2.24) is 5.32 Å². The van der Waals surface area contributed by atoms with Crippen LogP contribution in [0.15, 0.2) is 0 Å². The lowest BCUT2D eigenvalue weighted by molar-refractivity contribution is -0.184. The maximum Gasteiger partial charge on any atom is 0.391 e. The van der Waals surface area contributed by atoms with Gasteiger partial charge in [-0.05, 0) is 50.9 Å². The van der Waals surface area contributed by atoms with E-state index in [-0.39, 0.29) is 12.5 Å². The van der Waals surface area contributed by atoms with Gasteiger partial charge in [0.2, 0.25) is 0 Å². The lowest BCUT2D eigenvalue weighted by atomic mass is 9.84. The standard InChI is InChI=1S/C15H24F3NO/c16-15(17,18)11-2-1-3-12(8-11)19-13-6-7-20-14(9-13)10-4-5-10/h10-14,19H,1-9H2. The molecule has 0 aromatic rings. The molecule has 3 fully saturated rings. The number of rotatable bonds is 3. The zero-order chi connectivity index (χ0) is 14.2. The van der Waals surface area contributed by atoms with Gasteiger partial charge < -0.3 is 10.1 Å². The summed E-state index contributed by atoms with van der Waals surface area (Å²) in [7, 11) is 0. The smallest absolute Gasteiger partial charge is 0.378 e. The van der Waals surface area contributed by atoms with Crippen molar-refractivity contribution < 1.29 is 17.9 Å². The van der Waals surface area contributed by atoms with Crippen molar-refractivity contribution in [3.8, 4) is 0 Å². The first-order valence-corrected chi connectivity index (χ1v) is 7.96. The summed E-state index contributed by atoms with van der Waals surface area (Å²) in [4.78, 5) is 0. The molecule has 0 bridgehead atoms. The monoisotopic (exact) mass is 291 g/mol. The number of alkyl halides is 3. The first kappa shape index (κ1) is 14.6. The Hall–Kier alpha value is -0.290. The average Bonchev–Trinajstić information content (AvgIpc) is 3.23. The Morgan fingerprint density at radius 2 is 1.65 bits per heavy atom. The second-order valence-electron chi connectivity index (χ2n) is 6.74. The fourth-order valence-corrected chi connectivity index (χ4v) is 3.75. The van der Waals surface area contributed by atoms with Gasteiger partial charge in [-0.25, -0.2) is 0 Å². The molecule has 1 N–H and O–H groups in total. The number of hydrogen-bond donors (Lipinski definition) is 1. The van der Waals surface area contributed by atoms with Crippen LogP contribution in [0.2, 0.25) is 0 Å². The number of ether oxygens (including phenoxy) is 1. The summed E-state index contributed by atoms with van der Waals surface area (Å²) >= 11 is 0. The Morgan fingerprint density at radius 3 is 2.35 bits per heavy atom. The zero-order valence-corrected chi connectivity index (χ0v) is 11.8. The van der Waals surface area contributed by atoms with Crippen molar-refractivity contribution in [1.29, 1.82) is 0 Å². The Balaban J connectivity index is 1.49. The van der Waals surface area contributed by atoms with E-state index < -0.39 is 12.1 Å². The number of hydrogen-bond acceptors (Lipinski definition) is 2. The average molecular weight is 291 g/mol. The summed E-state index contributed by atoms with van der Waals surface area (Å²) in [5, 5.41) is 3.49. The lowest BCUT2D eigenvalue weighted by Gasteiger charge is -2.37. The van der Waals surface area contributed by atoms with Crippen LogP contribution in [-0.4, -0.2) is 31.0 Å². The predicted molar refractivity (Wildman–Crippen MR) is 70.4 cm³/mol. The molecule has 2 nitrogen and oxygen atoms in total. The normalized spacial score (nSPS) is 39.8. The number of halogens is 3. The van der Waals surface area contributed by atoms with Gasteiger partial charge in [0, 0.05) is 18.7 Å². The number of nitrogens with one attached hydrogen (secondary N) is 1. The van der Waals surface area contributed by atoms with E-state index in [1.807, 2.05) is 0 Å². The molecule has 4 unspecified atom stereocenters. The van der Waals surface area contributed by atoms with Crippen LogP contribution in [0.1, 0.15) is 51.4 Å². The first-order valence-electron chi connectivity index (χ1n) is 7.96. The fraction of sp³-hybridized carbons (Fsp3) is 1.00. The van der Waals surface area contributed by atoms with Crippen LogP contribution in [0, 0.1) is 11.8 Å². The van der Waals surface area contributed by atoms with Gasteiger partial charge in [-0.2, -0.15) is 13.2 Å². The van der Waals surface area contributed by atoms with Crippen LogP contribution in [0.25, 0.3) is 0 Å². The highest BCUT2D eigenvalue weighted by Gasteiger charge is 2.43. The van der Waals surface area contributed by atoms with Gasteiger partial charge in [-0.3, -0.25) is 0 Å². The van der Waals surface area contributed by atoms with E-state index in [2.05, 4.69) is 5.32 Å². The molecule has 0 amide bonds. The van der Waals surface area contributed by atoms with Gasteiger partial charge in [0.05, 0.1) is 12.0 Å². The second-order valence-corrected chi connectivity index (χ2v) is 6.74. The first-order chi connectivity index (χ1) is 9.52. The second kappa shape index (κ2) is 5.84. The maximum atomic E-state index is 12.8. The molecular formula is C15H24F3NO. The van der Waals surface area contributed by atoms with E-state index in [0.717, 1.165) is 25.9 Å². The molecule has 1 saturated heterocycles. The van der Waals surface area contributed by atoms with Crippen molar-refractivity contribution in [3.63, 3.8) is 0 Å². The summed E-state index contributed by atoms with van der Waals surface area (Å²) in [5.74, 6) is -0.387. The third kappa shape index (κ3) is 3.67. The van der Waals surface area contributed by atoms with Crippen LogP contribution < -0.4 is 5.32 Å². The Bertz CT molecular complexity index is 330. The largest absolute Gasteiger partial charge is 0.391 e. The van der Waals surface area contributed by atoms with Gasteiger partial charge in [0.1, 0.15) is 0 Å². The predicted octanol–water partition coefficient (Wildman–Crippen LogP) is 3.65. The minimum absolute atomic E-state index is 0.0401. The molecule has 2 saturated carbocycles. The molecule has 2 aliphatic carbocycles. The fourth-order valence-electron chi connectivity index (χ4n) is 3.75. The molecule has 1 heterocycles. The van der Waals surface area contributed by atoms with Crippen molar-refractivity contribution in [2.24, 2.45) is 11.8 Å². The van der Waals surface area contributed by atoms with Crippen LogP contribution >= 0.6 is 0 Å². The Morgan fingerprint density at radius 1 is 0.900 bits per heavy atom. The molecule has 5 heteroatoms. The molecule has 3 rings (SSSR count). The van der Waals surface area contributed by atoms with Crippen LogP contribution in [0.5, 0.6) is 0 Å². The van der Waals surface area contributed by atoms with Crippen LogP contribution in [-0.2, 0) is 4.74 Å². The summed E-state index contributed by atoms with van der Waals surface area (Å²) in [6, 6.07) is 0.393. The molecular weight excluding hydrogens is 267 g/mol. The maximum absolute atomic E-state index is 12.8. The highest BCUT2D eigenvalue weighted by Crippen LogP contribution is 2.40. The lowest BCUT2D eigenvalue weighted by Crippen LogP contribution is -2.47. The molecule has 3 aliphatic rings. The quantitative estimate of drug-likeness (QED) is 0.857. The Kier molecular flexibility index (Phi) is 4.27. The van der Waals surface area contributed by atoms with Crippen molar-refractivity contribution >= 4 is 0 Å². The summed E-state index contributed by atoms with van der Waals surface area (Å²) in [5.41, 5.74) is 0. The van der Waals surface area contributed by atoms with Crippen molar-refractivity contribution in [2.75, 3.05) is 6.61 Å². The minimum atomic E-state index is -4.02. The summed E-state index contributed by atoms with van der Waals surface area (Å²) in [6.45, 7) is 0.758. The summed E-state index contributed by atoms with van der Waals surface area (Å²) in [6.07, 6.45) is 2.92. The molecule has 116 valence electrons. The SMILES string of the molecule is FC(F)(F)C1CCCC(NC2CCOC(C3CC3)C2)C1. The molecule has 0 radical (unpaired) electrons. The van der Waals surface area contributed by atoms with Gasteiger partial charge in [-0.15, -0.1) is 0 Å². The molecule has 20 heavy (non-hydrogen) atoms. The molecule has 0 aromatic heterocycles. The third-order valence-electron chi connectivity index (χ3n) is 5.07. The van der Waals surface area contributed by atoms with E-state index in [4.69, 9.17) is 4.74 Å². The van der Waals surface area contributed by atoms with Gasteiger partial charge in [0.15, 0.2) is 0 Å². The Labute approximate surface area is 118 Å². The van der Waals surface area contributed by atoms with Gasteiger partial charge in [-0.1, -0.05) is 6.42 Å². The third-order valence-corrected chi connectivity index (χ3v) is 5.07. The molecule has 0 aromatic carbocycles. The van der Waals surface area contributed by atoms with E-state index in [1.54, 1.807) is 0 Å². The van der Waals surface area contributed by atoms with Crippen LogP contribution in [0.4, 0.5) is 13.2 Å². The van der Waals surface area contributed by atoms with E-state index >= 15 is 0 Å². The highest BCUT2D eigenvalue weighted by atomic mass is 19.4. The van der Waals surface area contributed by atoms with E-state index in [0.29, 0.717) is 30.9 Å². The van der Waals surface area contributed by atoms with E-state index in [9.17, 15) is 13.2 Å². The minimum Gasteiger partial charge on any atom is -0.378 e. The zero-order valence-electron chi connectivity index (χ0n) is 11.8. The van der Waals surface area contributed by atoms with Crippen molar-refractivity contribution in [2.45, 2.75) is 75.7 Å². The van der Waals surface area contributed by atoms with E-state index in [1.165, 1.54) is 12.8 Å².